The summed E-state index contributed by atoms with van der Waals surface area (Å²) in [6.07, 6.45) is 1.50. The fourth-order valence-electron chi connectivity index (χ4n) is 0.585. The van der Waals surface area contributed by atoms with Crippen LogP contribution >= 0.6 is 35.0 Å². The molecule has 2 nitrogen and oxygen atoms in total. The lowest BCUT2D eigenvalue weighted by molar-refractivity contribution is 0.135. The van der Waals surface area contributed by atoms with Gasteiger partial charge < -0.3 is 0 Å². The second kappa shape index (κ2) is 2.45. The molecule has 1 rings (SSSR count). The molecule has 0 bridgehead atoms. The van der Waals surface area contributed by atoms with Gasteiger partial charge in [0.2, 0.25) is 0 Å². The summed E-state index contributed by atoms with van der Waals surface area (Å²) >= 11 is 17.2. The molecule has 0 aromatic heterocycles. The minimum Gasteiger partial charge on any atom is -0.219 e. The van der Waals surface area contributed by atoms with Gasteiger partial charge in [0.1, 0.15) is 0 Å². The predicted molar refractivity (Wildman–Crippen MR) is 43.3 cm³/mol. The number of alkyl halides is 1. The van der Waals surface area contributed by atoms with Crippen LogP contribution in [0.4, 0.5) is 0 Å². The van der Waals surface area contributed by atoms with Gasteiger partial charge in [-0.3, -0.25) is 0 Å². The predicted octanol–water partition coefficient (Wildman–Crippen LogP) is 2.15. The molecule has 0 saturated heterocycles. The van der Waals surface area contributed by atoms with Gasteiger partial charge in [0.25, 0.3) is 0 Å². The van der Waals surface area contributed by atoms with Crippen LogP contribution in [0.15, 0.2) is 11.2 Å². The van der Waals surface area contributed by atoms with Gasteiger partial charge in [-0.25, -0.2) is 4.53 Å². The van der Waals surface area contributed by atoms with Gasteiger partial charge >= 0.3 is 0 Å². The average molecular weight is 200 g/mol. The molecule has 0 fully saturated rings. The van der Waals surface area contributed by atoms with E-state index >= 15 is 0 Å². The SMILES string of the molecule is [CH2]C1(Cl)C(Cl)=CN(Cl)N1C. The fourth-order valence-corrected chi connectivity index (χ4v) is 1.25. The summed E-state index contributed by atoms with van der Waals surface area (Å²) in [5.74, 6) is 0. The van der Waals surface area contributed by atoms with E-state index < -0.39 is 5.00 Å². The van der Waals surface area contributed by atoms with E-state index in [1.165, 1.54) is 15.7 Å². The minimum atomic E-state index is -0.941. The van der Waals surface area contributed by atoms with Crippen LogP contribution in [-0.2, 0) is 0 Å². The second-order valence-corrected chi connectivity index (χ2v) is 3.43. The van der Waals surface area contributed by atoms with Crippen molar-refractivity contribution in [2.75, 3.05) is 7.05 Å². The summed E-state index contributed by atoms with van der Waals surface area (Å²) in [5, 5.41) is 1.92. The van der Waals surface area contributed by atoms with Gasteiger partial charge in [-0.1, -0.05) is 23.2 Å². The summed E-state index contributed by atoms with van der Waals surface area (Å²) in [5.41, 5.74) is 0. The number of rotatable bonds is 0. The summed E-state index contributed by atoms with van der Waals surface area (Å²) in [6, 6.07) is 0. The molecule has 5 heteroatoms. The third kappa shape index (κ3) is 1.10. The number of halogens is 3. The first-order valence-electron chi connectivity index (χ1n) is 2.57. The molecule has 0 spiro atoms. The highest BCUT2D eigenvalue weighted by Gasteiger charge is 2.38. The maximum absolute atomic E-state index is 5.85. The van der Waals surface area contributed by atoms with Gasteiger partial charge in [-0.05, 0) is 6.92 Å². The minimum absolute atomic E-state index is 0.409. The van der Waals surface area contributed by atoms with Crippen molar-refractivity contribution in [2.45, 2.75) is 5.00 Å². The standard InChI is InChI=1S/C5H6Cl3N2/c1-5(7)4(6)3-10(8)9(5)2/h3H,1H2,2H3. The molecule has 0 saturated carbocycles. The van der Waals surface area contributed by atoms with Gasteiger partial charge in [0.15, 0.2) is 5.00 Å². The molecule has 1 aliphatic heterocycles. The van der Waals surface area contributed by atoms with Gasteiger partial charge in [0, 0.05) is 18.8 Å². The fraction of sp³-hybridized carbons (Fsp3) is 0.400. The van der Waals surface area contributed by atoms with Crippen LogP contribution in [0, 0.1) is 6.92 Å². The van der Waals surface area contributed by atoms with Crippen LogP contribution in [-0.4, -0.2) is 21.6 Å². The Bertz CT molecular complexity index is 178. The summed E-state index contributed by atoms with van der Waals surface area (Å²) in [4.78, 5) is -0.941. The molecule has 0 aliphatic carbocycles. The van der Waals surface area contributed by atoms with Crippen molar-refractivity contribution < 1.29 is 0 Å². The monoisotopic (exact) mass is 199 g/mol. The van der Waals surface area contributed by atoms with Crippen molar-refractivity contribution in [1.82, 2.24) is 9.54 Å². The third-order valence-corrected chi connectivity index (χ3v) is 2.66. The Kier molecular flexibility index (Phi) is 2.07. The molecule has 1 aliphatic rings. The Hall–Kier alpha value is 0.370. The molecule has 1 radical (unpaired) electrons. The summed E-state index contributed by atoms with van der Waals surface area (Å²) in [6.45, 7) is 3.65. The normalized spacial score (nSPS) is 34.9. The highest BCUT2D eigenvalue weighted by Crippen LogP contribution is 2.37. The molecule has 0 amide bonds. The number of likely N-dealkylation sites (N-methyl/N-ethyl adjacent to an activating group) is 1. The zero-order valence-electron chi connectivity index (χ0n) is 5.31. The lowest BCUT2D eigenvalue weighted by Gasteiger charge is -2.28. The topological polar surface area (TPSA) is 6.48 Å². The van der Waals surface area contributed by atoms with E-state index in [9.17, 15) is 0 Å². The quantitative estimate of drug-likeness (QED) is 0.336. The van der Waals surface area contributed by atoms with Gasteiger partial charge in [-0.15, -0.1) is 0 Å². The zero-order valence-corrected chi connectivity index (χ0v) is 7.58. The molecular formula is C5H6Cl3N2. The van der Waals surface area contributed by atoms with Crippen molar-refractivity contribution >= 4 is 35.0 Å². The Morgan fingerprint density at radius 1 is 1.70 bits per heavy atom. The highest BCUT2D eigenvalue weighted by molar-refractivity contribution is 6.40. The smallest absolute Gasteiger partial charge is 0.151 e. The van der Waals surface area contributed by atoms with Crippen LogP contribution in [0.1, 0.15) is 0 Å². The van der Waals surface area contributed by atoms with E-state index in [0.29, 0.717) is 5.03 Å². The van der Waals surface area contributed by atoms with Crippen LogP contribution in [0.2, 0.25) is 0 Å². The lowest BCUT2D eigenvalue weighted by Crippen LogP contribution is -2.39. The van der Waals surface area contributed by atoms with Crippen molar-refractivity contribution in [3.8, 4) is 0 Å². The molecular weight excluding hydrogens is 194 g/mol. The van der Waals surface area contributed by atoms with Crippen molar-refractivity contribution in [3.05, 3.63) is 18.2 Å². The van der Waals surface area contributed by atoms with Crippen LogP contribution < -0.4 is 0 Å². The van der Waals surface area contributed by atoms with E-state index in [4.69, 9.17) is 35.0 Å². The number of hydrogen-bond donors (Lipinski definition) is 0. The van der Waals surface area contributed by atoms with Crippen LogP contribution in [0.25, 0.3) is 0 Å². The molecule has 1 atom stereocenters. The number of hydrogen-bond acceptors (Lipinski definition) is 2. The van der Waals surface area contributed by atoms with E-state index in [0.717, 1.165) is 0 Å². The van der Waals surface area contributed by atoms with E-state index in [1.807, 2.05) is 0 Å². The molecule has 0 aromatic rings. The third-order valence-electron chi connectivity index (χ3n) is 1.39. The maximum Gasteiger partial charge on any atom is 0.151 e. The first-order valence-corrected chi connectivity index (χ1v) is 3.66. The van der Waals surface area contributed by atoms with Crippen molar-refractivity contribution in [3.63, 3.8) is 0 Å². The van der Waals surface area contributed by atoms with Crippen LogP contribution in [0.3, 0.4) is 0 Å². The molecule has 1 heterocycles. The molecule has 0 N–H and O–H groups in total. The lowest BCUT2D eigenvalue weighted by atomic mass is 10.3. The number of hydrazine groups is 1. The molecule has 10 heavy (non-hydrogen) atoms. The molecule has 1 unspecified atom stereocenters. The average Bonchev–Trinajstić information content (AvgIpc) is 1.97. The van der Waals surface area contributed by atoms with Gasteiger partial charge in [-0.2, -0.15) is 5.01 Å². The summed E-state index contributed by atoms with van der Waals surface area (Å²) in [7, 11) is 1.69. The Balaban J connectivity index is 2.89. The van der Waals surface area contributed by atoms with Crippen LogP contribution in [0.5, 0.6) is 0 Å². The Morgan fingerprint density at radius 3 is 2.30 bits per heavy atom. The number of nitrogens with zero attached hydrogens (tertiary/aromatic N) is 2. The Morgan fingerprint density at radius 2 is 2.20 bits per heavy atom. The largest absolute Gasteiger partial charge is 0.219 e. The van der Waals surface area contributed by atoms with Crippen molar-refractivity contribution in [1.29, 1.82) is 0 Å². The van der Waals surface area contributed by atoms with E-state index in [1.54, 1.807) is 7.05 Å². The molecule has 57 valence electrons. The van der Waals surface area contributed by atoms with Gasteiger partial charge in [0.05, 0.1) is 11.2 Å². The second-order valence-electron chi connectivity index (χ2n) is 2.05. The summed E-state index contributed by atoms with van der Waals surface area (Å²) < 4.78 is 1.27. The first kappa shape index (κ1) is 8.47. The van der Waals surface area contributed by atoms with Crippen molar-refractivity contribution in [2.24, 2.45) is 0 Å². The van der Waals surface area contributed by atoms with E-state index in [2.05, 4.69) is 6.92 Å². The molecule has 0 aromatic carbocycles. The van der Waals surface area contributed by atoms with E-state index in [-0.39, 0.29) is 0 Å². The first-order chi connectivity index (χ1) is 4.46. The highest BCUT2D eigenvalue weighted by atomic mass is 35.5. The maximum atomic E-state index is 5.85. The Labute approximate surface area is 75.0 Å². The zero-order chi connectivity index (χ0) is 7.94.